The van der Waals surface area contributed by atoms with Crippen LogP contribution in [-0.2, 0) is 4.74 Å². The standard InChI is InChI=1S/C13H16N6O2/c1-8-14-4-3-10(15-8)13(20)19-5-6-21-11(7-19)12-16-9(2)17-18-12/h3-4,11H,5-7H2,1-2H3,(H,16,17,18)/t11-/m0/s1. The van der Waals surface area contributed by atoms with E-state index in [0.717, 1.165) is 5.82 Å². The molecule has 0 aliphatic carbocycles. The van der Waals surface area contributed by atoms with Crippen molar-refractivity contribution < 1.29 is 9.53 Å². The fourth-order valence-electron chi connectivity index (χ4n) is 2.23. The van der Waals surface area contributed by atoms with Gasteiger partial charge in [-0.1, -0.05) is 0 Å². The van der Waals surface area contributed by atoms with Crippen LogP contribution in [0, 0.1) is 13.8 Å². The lowest BCUT2D eigenvalue weighted by Gasteiger charge is -2.31. The molecule has 1 fully saturated rings. The molecule has 8 heteroatoms. The zero-order valence-corrected chi connectivity index (χ0v) is 11.9. The van der Waals surface area contributed by atoms with Gasteiger partial charge in [0.15, 0.2) is 5.82 Å². The number of aromatic amines is 1. The van der Waals surface area contributed by atoms with Crippen molar-refractivity contribution in [2.45, 2.75) is 20.0 Å². The second-order valence-electron chi connectivity index (χ2n) is 4.88. The zero-order valence-electron chi connectivity index (χ0n) is 11.9. The van der Waals surface area contributed by atoms with E-state index in [2.05, 4.69) is 25.1 Å². The molecule has 1 atom stereocenters. The molecule has 2 aromatic rings. The maximum Gasteiger partial charge on any atom is 0.272 e. The number of carbonyl (C=O) groups is 1. The number of H-pyrrole nitrogens is 1. The number of aromatic nitrogens is 5. The quantitative estimate of drug-likeness (QED) is 0.860. The molecule has 1 aliphatic rings. The van der Waals surface area contributed by atoms with Gasteiger partial charge in [0.05, 0.1) is 13.2 Å². The molecule has 1 amide bonds. The van der Waals surface area contributed by atoms with Gasteiger partial charge in [0.2, 0.25) is 0 Å². The molecule has 1 aliphatic heterocycles. The minimum Gasteiger partial charge on any atom is -0.366 e. The molecule has 0 saturated carbocycles. The first-order valence-electron chi connectivity index (χ1n) is 6.73. The van der Waals surface area contributed by atoms with E-state index < -0.39 is 0 Å². The highest BCUT2D eigenvalue weighted by Crippen LogP contribution is 2.20. The summed E-state index contributed by atoms with van der Waals surface area (Å²) in [7, 11) is 0. The van der Waals surface area contributed by atoms with Crippen LogP contribution in [-0.4, -0.2) is 55.7 Å². The predicted molar refractivity (Wildman–Crippen MR) is 72.5 cm³/mol. The molecular weight excluding hydrogens is 272 g/mol. The Labute approximate surface area is 121 Å². The normalized spacial score (nSPS) is 18.8. The van der Waals surface area contributed by atoms with Crippen molar-refractivity contribution in [1.29, 1.82) is 0 Å². The van der Waals surface area contributed by atoms with Crippen LogP contribution in [0.25, 0.3) is 0 Å². The van der Waals surface area contributed by atoms with Crippen LogP contribution in [0.1, 0.15) is 34.1 Å². The van der Waals surface area contributed by atoms with Crippen molar-refractivity contribution in [1.82, 2.24) is 30.0 Å². The van der Waals surface area contributed by atoms with Gasteiger partial charge >= 0.3 is 0 Å². The minimum atomic E-state index is -0.310. The van der Waals surface area contributed by atoms with Crippen LogP contribution >= 0.6 is 0 Å². The zero-order chi connectivity index (χ0) is 14.8. The molecule has 1 N–H and O–H groups in total. The highest BCUT2D eigenvalue weighted by molar-refractivity contribution is 5.92. The summed E-state index contributed by atoms with van der Waals surface area (Å²) in [6.45, 7) is 4.98. The van der Waals surface area contributed by atoms with Gasteiger partial charge in [-0.15, -0.1) is 0 Å². The van der Waals surface area contributed by atoms with Crippen molar-refractivity contribution in [2.75, 3.05) is 19.7 Å². The monoisotopic (exact) mass is 288 g/mol. The van der Waals surface area contributed by atoms with Gasteiger partial charge in [-0.25, -0.2) is 15.0 Å². The smallest absolute Gasteiger partial charge is 0.272 e. The molecule has 1 saturated heterocycles. The minimum absolute atomic E-state index is 0.124. The Morgan fingerprint density at radius 2 is 2.29 bits per heavy atom. The topological polar surface area (TPSA) is 96.9 Å². The largest absolute Gasteiger partial charge is 0.366 e. The highest BCUT2D eigenvalue weighted by Gasteiger charge is 2.29. The van der Waals surface area contributed by atoms with Gasteiger partial charge in [0.1, 0.15) is 23.4 Å². The molecule has 0 bridgehead atoms. The van der Waals surface area contributed by atoms with E-state index in [1.807, 2.05) is 6.92 Å². The van der Waals surface area contributed by atoms with Crippen LogP contribution in [0.15, 0.2) is 12.3 Å². The SMILES string of the molecule is Cc1nccc(C(=O)N2CCO[C@H](c3n[nH]c(C)n3)C2)n1. The molecule has 110 valence electrons. The Morgan fingerprint density at radius 1 is 1.43 bits per heavy atom. The average Bonchev–Trinajstić information content (AvgIpc) is 2.93. The summed E-state index contributed by atoms with van der Waals surface area (Å²) >= 11 is 0. The highest BCUT2D eigenvalue weighted by atomic mass is 16.5. The number of nitrogens with one attached hydrogen (secondary N) is 1. The molecule has 2 aromatic heterocycles. The second-order valence-corrected chi connectivity index (χ2v) is 4.88. The number of rotatable bonds is 2. The van der Waals surface area contributed by atoms with Crippen LogP contribution in [0.2, 0.25) is 0 Å². The maximum atomic E-state index is 12.5. The summed E-state index contributed by atoms with van der Waals surface area (Å²) in [5, 5.41) is 6.88. The molecular formula is C13H16N6O2. The summed E-state index contributed by atoms with van der Waals surface area (Å²) in [6, 6.07) is 1.62. The summed E-state index contributed by atoms with van der Waals surface area (Å²) < 4.78 is 5.65. The van der Waals surface area contributed by atoms with Crippen LogP contribution in [0.3, 0.4) is 0 Å². The van der Waals surface area contributed by atoms with Gasteiger partial charge in [-0.05, 0) is 19.9 Å². The lowest BCUT2D eigenvalue weighted by molar-refractivity contribution is -0.0268. The molecule has 21 heavy (non-hydrogen) atoms. The van der Waals surface area contributed by atoms with Crippen molar-refractivity contribution in [3.63, 3.8) is 0 Å². The van der Waals surface area contributed by atoms with Crippen molar-refractivity contribution in [3.8, 4) is 0 Å². The van der Waals surface area contributed by atoms with Crippen molar-refractivity contribution >= 4 is 5.91 Å². The Balaban J connectivity index is 1.75. The number of nitrogens with zero attached hydrogens (tertiary/aromatic N) is 5. The Hall–Kier alpha value is -2.35. The lowest BCUT2D eigenvalue weighted by atomic mass is 10.2. The van der Waals surface area contributed by atoms with Crippen LogP contribution < -0.4 is 0 Å². The molecule has 3 heterocycles. The van der Waals surface area contributed by atoms with Crippen molar-refractivity contribution in [3.05, 3.63) is 35.4 Å². The Kier molecular flexibility index (Phi) is 3.61. The number of ether oxygens (including phenoxy) is 1. The lowest BCUT2D eigenvalue weighted by Crippen LogP contribution is -2.42. The van der Waals surface area contributed by atoms with Gasteiger partial charge < -0.3 is 9.64 Å². The third-order valence-electron chi connectivity index (χ3n) is 3.25. The molecule has 3 rings (SSSR count). The van der Waals surface area contributed by atoms with Crippen LogP contribution in [0.4, 0.5) is 0 Å². The van der Waals surface area contributed by atoms with E-state index in [1.165, 1.54) is 0 Å². The summed E-state index contributed by atoms with van der Waals surface area (Å²) in [5.74, 6) is 1.75. The number of carbonyl (C=O) groups excluding carboxylic acids is 1. The van der Waals surface area contributed by atoms with E-state index in [0.29, 0.717) is 37.0 Å². The van der Waals surface area contributed by atoms with E-state index in [4.69, 9.17) is 4.74 Å². The third kappa shape index (κ3) is 2.89. The van der Waals surface area contributed by atoms with E-state index in [9.17, 15) is 4.79 Å². The second kappa shape index (κ2) is 5.57. The number of hydrogen-bond donors (Lipinski definition) is 1. The number of amides is 1. The molecule has 0 spiro atoms. The summed E-state index contributed by atoms with van der Waals surface area (Å²) in [5.41, 5.74) is 0.398. The van der Waals surface area contributed by atoms with Gasteiger partial charge in [0.25, 0.3) is 5.91 Å². The Bertz CT molecular complexity index is 656. The number of aryl methyl sites for hydroxylation is 2. The predicted octanol–water partition coefficient (Wildman–Crippen LogP) is 0.425. The van der Waals surface area contributed by atoms with Gasteiger partial charge in [0, 0.05) is 12.7 Å². The average molecular weight is 288 g/mol. The first-order valence-corrected chi connectivity index (χ1v) is 6.73. The maximum absolute atomic E-state index is 12.5. The van der Waals surface area contributed by atoms with Crippen molar-refractivity contribution in [2.24, 2.45) is 0 Å². The summed E-state index contributed by atoms with van der Waals surface area (Å²) in [4.78, 5) is 26.6. The first-order chi connectivity index (χ1) is 10.1. The van der Waals surface area contributed by atoms with E-state index >= 15 is 0 Å². The summed E-state index contributed by atoms with van der Waals surface area (Å²) in [6.07, 6.45) is 1.28. The number of morpholine rings is 1. The van der Waals surface area contributed by atoms with Gasteiger partial charge in [-0.2, -0.15) is 5.10 Å². The fourth-order valence-corrected chi connectivity index (χ4v) is 2.23. The fraction of sp³-hybridized carbons (Fsp3) is 0.462. The van der Waals surface area contributed by atoms with E-state index in [1.54, 1.807) is 24.1 Å². The van der Waals surface area contributed by atoms with Crippen LogP contribution in [0.5, 0.6) is 0 Å². The molecule has 0 unspecified atom stereocenters. The third-order valence-corrected chi connectivity index (χ3v) is 3.25. The molecule has 0 radical (unpaired) electrons. The first kappa shape index (κ1) is 13.6. The molecule has 0 aromatic carbocycles. The number of hydrogen-bond acceptors (Lipinski definition) is 6. The Morgan fingerprint density at radius 3 is 3.00 bits per heavy atom. The van der Waals surface area contributed by atoms with Gasteiger partial charge in [-0.3, -0.25) is 9.89 Å². The molecule has 8 nitrogen and oxygen atoms in total. The van der Waals surface area contributed by atoms with E-state index in [-0.39, 0.29) is 12.0 Å².